The van der Waals surface area contributed by atoms with Gasteiger partial charge in [0.25, 0.3) is 11.8 Å². The summed E-state index contributed by atoms with van der Waals surface area (Å²) in [6, 6.07) is 14.3. The number of ether oxygens (including phenoxy) is 2. The molecular weight excluding hydrogens is 620 g/mol. The minimum absolute atomic E-state index is 0.0776. The maximum atomic E-state index is 14.3. The lowest BCUT2D eigenvalue weighted by Crippen LogP contribution is -2.48. The lowest BCUT2D eigenvalue weighted by Gasteiger charge is -2.35. The summed E-state index contributed by atoms with van der Waals surface area (Å²) in [6.45, 7) is 7.87. The molecule has 4 rings (SSSR count). The second-order valence-electron chi connectivity index (χ2n) is 12.3. The molecule has 4 atom stereocenters. The van der Waals surface area contributed by atoms with Crippen LogP contribution in [-0.2, 0) is 14.8 Å². The van der Waals surface area contributed by atoms with E-state index in [0.29, 0.717) is 30.0 Å². The third kappa shape index (κ3) is 9.38. The predicted octanol–water partition coefficient (Wildman–Crippen LogP) is 4.76. The third-order valence-corrected chi connectivity index (χ3v) is 10.3. The molecule has 0 saturated carbocycles. The SMILES string of the molecule is Cc1ccc(S(=O)(=O)N(C)C[C@H]2OCCCC[C@H](C)Oc3ccc(NC(=O)c4ccncc4)cc3C(=O)N([C@H](C)CO)C[C@@H]2C)cc1. The Labute approximate surface area is 278 Å². The Morgan fingerprint density at radius 2 is 1.81 bits per heavy atom. The Kier molecular flexibility index (Phi) is 12.5. The van der Waals surface area contributed by atoms with Crippen molar-refractivity contribution in [3.05, 3.63) is 83.7 Å². The van der Waals surface area contributed by atoms with E-state index in [0.717, 1.165) is 18.4 Å². The number of anilines is 1. The standard InChI is InChI=1S/C35H46N4O7S/c1-24-9-12-30(13-10-24)47(43,44)38(5)22-33-25(2)21-39(26(3)23-40)35(42)31-20-29(37-34(41)28-15-17-36-18-16-28)11-14-32(31)46-27(4)8-6-7-19-45-33/h9-18,20,25-27,33,40H,6-8,19,21-23H2,1-5H3,(H,37,41)/t25-,26+,27-,33+/m0/s1. The summed E-state index contributed by atoms with van der Waals surface area (Å²) in [4.78, 5) is 32.9. The van der Waals surface area contributed by atoms with Crippen LogP contribution in [0.4, 0.5) is 5.69 Å². The van der Waals surface area contributed by atoms with Crippen LogP contribution in [0.5, 0.6) is 5.75 Å². The fraction of sp³-hybridized carbons (Fsp3) is 0.457. The summed E-state index contributed by atoms with van der Waals surface area (Å²) < 4.78 is 40.8. The Morgan fingerprint density at radius 3 is 2.49 bits per heavy atom. The number of likely N-dealkylation sites (N-methyl/N-ethyl adjacent to an activating group) is 1. The van der Waals surface area contributed by atoms with E-state index in [9.17, 15) is 23.1 Å². The number of aromatic nitrogens is 1. The van der Waals surface area contributed by atoms with Crippen molar-refractivity contribution >= 4 is 27.5 Å². The molecule has 0 spiro atoms. The van der Waals surface area contributed by atoms with Gasteiger partial charge in [0.1, 0.15) is 5.75 Å². The van der Waals surface area contributed by atoms with Gasteiger partial charge in [-0.25, -0.2) is 8.42 Å². The van der Waals surface area contributed by atoms with E-state index in [2.05, 4.69) is 10.3 Å². The van der Waals surface area contributed by atoms with E-state index >= 15 is 0 Å². The van der Waals surface area contributed by atoms with Crippen molar-refractivity contribution in [2.75, 3.05) is 38.7 Å². The van der Waals surface area contributed by atoms with Gasteiger partial charge in [0, 0.05) is 56.3 Å². The summed E-state index contributed by atoms with van der Waals surface area (Å²) in [5.41, 5.74) is 2.03. The number of sulfonamides is 1. The number of benzene rings is 2. The van der Waals surface area contributed by atoms with Crippen molar-refractivity contribution < 1.29 is 32.6 Å². The number of carbonyl (C=O) groups is 2. The van der Waals surface area contributed by atoms with Gasteiger partial charge in [0.05, 0.1) is 35.3 Å². The lowest BCUT2D eigenvalue weighted by atomic mass is 10.0. The van der Waals surface area contributed by atoms with E-state index in [1.54, 1.807) is 66.4 Å². The molecule has 0 saturated heterocycles. The van der Waals surface area contributed by atoms with Gasteiger partial charge in [0.15, 0.2) is 0 Å². The predicted molar refractivity (Wildman–Crippen MR) is 180 cm³/mol. The largest absolute Gasteiger partial charge is 0.490 e. The van der Waals surface area contributed by atoms with Gasteiger partial charge >= 0.3 is 0 Å². The molecule has 2 amide bonds. The van der Waals surface area contributed by atoms with Crippen LogP contribution in [0.1, 0.15) is 66.3 Å². The van der Waals surface area contributed by atoms with E-state index in [1.807, 2.05) is 20.8 Å². The van der Waals surface area contributed by atoms with Crippen LogP contribution in [0.3, 0.4) is 0 Å². The number of nitrogens with one attached hydrogen (secondary N) is 1. The average molecular weight is 667 g/mol. The van der Waals surface area contributed by atoms with Gasteiger partial charge < -0.3 is 24.8 Å². The number of aliphatic hydroxyl groups excluding tert-OH is 1. The van der Waals surface area contributed by atoms with Crippen LogP contribution in [0.15, 0.2) is 71.9 Å². The maximum Gasteiger partial charge on any atom is 0.258 e. The molecule has 0 radical (unpaired) electrons. The molecule has 0 fully saturated rings. The van der Waals surface area contributed by atoms with E-state index in [1.165, 1.54) is 23.7 Å². The molecule has 254 valence electrons. The number of hydrogen-bond donors (Lipinski definition) is 2. The third-order valence-electron chi connectivity index (χ3n) is 8.42. The topological polar surface area (TPSA) is 138 Å². The summed E-state index contributed by atoms with van der Waals surface area (Å²) in [7, 11) is -2.25. The first-order chi connectivity index (χ1) is 22.4. The average Bonchev–Trinajstić information content (AvgIpc) is 3.06. The molecule has 2 N–H and O–H groups in total. The van der Waals surface area contributed by atoms with Gasteiger partial charge in [-0.15, -0.1) is 0 Å². The van der Waals surface area contributed by atoms with Gasteiger partial charge in [-0.1, -0.05) is 24.6 Å². The fourth-order valence-electron chi connectivity index (χ4n) is 5.41. The minimum Gasteiger partial charge on any atom is -0.490 e. The highest BCUT2D eigenvalue weighted by Crippen LogP contribution is 2.29. The molecule has 2 aromatic carbocycles. The van der Waals surface area contributed by atoms with E-state index in [4.69, 9.17) is 9.47 Å². The molecule has 0 bridgehead atoms. The van der Waals surface area contributed by atoms with E-state index < -0.39 is 28.1 Å². The number of nitrogens with zero attached hydrogens (tertiary/aromatic N) is 3. The summed E-state index contributed by atoms with van der Waals surface area (Å²) >= 11 is 0. The number of fused-ring (bicyclic) bond motifs is 1. The molecule has 47 heavy (non-hydrogen) atoms. The van der Waals surface area contributed by atoms with Crippen LogP contribution in [0.2, 0.25) is 0 Å². The van der Waals surface area contributed by atoms with Gasteiger partial charge in [0.2, 0.25) is 10.0 Å². The molecule has 1 aromatic heterocycles. The zero-order valence-corrected chi connectivity index (χ0v) is 28.6. The second kappa shape index (κ2) is 16.3. The number of amides is 2. The summed E-state index contributed by atoms with van der Waals surface area (Å²) in [5.74, 6) is -0.684. The molecule has 1 aliphatic heterocycles. The van der Waals surface area contributed by atoms with Crippen LogP contribution < -0.4 is 10.1 Å². The highest BCUT2D eigenvalue weighted by Gasteiger charge is 2.32. The van der Waals surface area contributed by atoms with Crippen molar-refractivity contribution in [2.24, 2.45) is 5.92 Å². The molecule has 12 heteroatoms. The Balaban J connectivity index is 1.65. The first-order valence-electron chi connectivity index (χ1n) is 16.0. The van der Waals surface area contributed by atoms with Crippen molar-refractivity contribution in [1.82, 2.24) is 14.2 Å². The highest BCUT2D eigenvalue weighted by molar-refractivity contribution is 7.89. The first kappa shape index (κ1) is 36.0. The smallest absolute Gasteiger partial charge is 0.258 e. The fourth-order valence-corrected chi connectivity index (χ4v) is 6.59. The second-order valence-corrected chi connectivity index (χ2v) is 14.3. The first-order valence-corrected chi connectivity index (χ1v) is 17.4. The molecule has 0 unspecified atom stereocenters. The van der Waals surface area contributed by atoms with Crippen LogP contribution in [0.25, 0.3) is 0 Å². The zero-order valence-electron chi connectivity index (χ0n) is 27.8. The van der Waals surface area contributed by atoms with Gasteiger partial charge in [-0.05, 0) is 82.5 Å². The van der Waals surface area contributed by atoms with Gasteiger partial charge in [-0.3, -0.25) is 14.6 Å². The molecular formula is C35H46N4O7S. The molecule has 0 aliphatic carbocycles. The van der Waals surface area contributed by atoms with Crippen LogP contribution in [0, 0.1) is 12.8 Å². The number of carbonyl (C=O) groups excluding carboxylic acids is 2. The Morgan fingerprint density at radius 1 is 1.11 bits per heavy atom. The number of aryl methyl sites for hydroxylation is 1. The molecule has 2 heterocycles. The quantitative estimate of drug-likeness (QED) is 0.351. The summed E-state index contributed by atoms with van der Waals surface area (Å²) in [5, 5.41) is 13.1. The van der Waals surface area contributed by atoms with Crippen molar-refractivity contribution in [3.8, 4) is 5.75 Å². The Bertz CT molecular complexity index is 1600. The maximum absolute atomic E-state index is 14.3. The monoisotopic (exact) mass is 666 g/mol. The van der Waals surface area contributed by atoms with E-state index in [-0.39, 0.29) is 48.1 Å². The van der Waals surface area contributed by atoms with Gasteiger partial charge in [-0.2, -0.15) is 4.31 Å². The zero-order chi connectivity index (χ0) is 34.1. The lowest BCUT2D eigenvalue weighted by molar-refractivity contribution is -0.00834. The van der Waals surface area contributed by atoms with Crippen molar-refractivity contribution in [1.29, 1.82) is 0 Å². The number of hydrogen-bond acceptors (Lipinski definition) is 8. The highest BCUT2D eigenvalue weighted by atomic mass is 32.2. The number of rotatable bonds is 8. The summed E-state index contributed by atoms with van der Waals surface area (Å²) in [6.07, 6.45) is 4.55. The molecule has 11 nitrogen and oxygen atoms in total. The van der Waals surface area contributed by atoms with Crippen molar-refractivity contribution in [2.45, 2.75) is 70.1 Å². The Hall–Kier alpha value is -3.84. The number of pyridine rings is 1. The number of aliphatic hydroxyl groups is 1. The molecule has 3 aromatic rings. The van der Waals surface area contributed by atoms with Crippen LogP contribution >= 0.6 is 0 Å². The van der Waals surface area contributed by atoms with Crippen molar-refractivity contribution in [3.63, 3.8) is 0 Å². The minimum atomic E-state index is -3.79. The molecule has 1 aliphatic rings. The van der Waals surface area contributed by atoms with Crippen LogP contribution in [-0.4, -0.2) is 91.1 Å². The normalized spacial score (nSPS) is 20.5.